The maximum Gasteiger partial charge on any atom is 0.336 e. The Balaban J connectivity index is 1.64. The summed E-state index contributed by atoms with van der Waals surface area (Å²) in [4.78, 5) is 28.5. The molecule has 2 aliphatic heterocycles. The van der Waals surface area contributed by atoms with Crippen LogP contribution in [0.5, 0.6) is 0 Å². The van der Waals surface area contributed by atoms with E-state index in [1.165, 1.54) is 5.56 Å². The first-order valence-corrected chi connectivity index (χ1v) is 8.93. The number of amides is 1. The zero-order valence-corrected chi connectivity index (χ0v) is 15.0. The van der Waals surface area contributed by atoms with Gasteiger partial charge in [0.25, 0.3) is 0 Å². The van der Waals surface area contributed by atoms with Crippen LogP contribution in [-0.4, -0.2) is 42.4 Å². The van der Waals surface area contributed by atoms with Crippen molar-refractivity contribution in [2.45, 2.75) is 26.8 Å². The van der Waals surface area contributed by atoms with Crippen molar-refractivity contribution in [3.05, 3.63) is 45.3 Å². The third kappa shape index (κ3) is 2.86. The molecular weight excluding hydrogens is 316 g/mol. The number of aryl methyl sites for hydroxylation is 2. The van der Waals surface area contributed by atoms with Crippen molar-refractivity contribution in [1.29, 1.82) is 0 Å². The molecule has 0 bridgehead atoms. The highest BCUT2D eigenvalue weighted by Crippen LogP contribution is 2.33. The number of hydrogen-bond donors (Lipinski definition) is 0. The first-order valence-electron chi connectivity index (χ1n) is 8.93. The van der Waals surface area contributed by atoms with Crippen molar-refractivity contribution >= 4 is 16.9 Å². The van der Waals surface area contributed by atoms with Crippen LogP contribution in [0.3, 0.4) is 0 Å². The summed E-state index contributed by atoms with van der Waals surface area (Å²) in [6.07, 6.45) is 1.07. The molecule has 0 aliphatic carbocycles. The van der Waals surface area contributed by atoms with Crippen LogP contribution in [0.2, 0.25) is 0 Å². The Bertz CT molecular complexity index is 902. The Kier molecular flexibility index (Phi) is 3.91. The predicted octanol–water partition coefficient (Wildman–Crippen LogP) is 2.32. The normalized spacial score (nSPS) is 24.1. The van der Waals surface area contributed by atoms with Gasteiger partial charge in [-0.2, -0.15) is 0 Å². The van der Waals surface area contributed by atoms with Gasteiger partial charge >= 0.3 is 5.63 Å². The highest BCUT2D eigenvalue weighted by Gasteiger charge is 2.41. The third-order valence-corrected chi connectivity index (χ3v) is 5.88. The fourth-order valence-corrected chi connectivity index (χ4v) is 4.27. The van der Waals surface area contributed by atoms with E-state index >= 15 is 0 Å². The second kappa shape index (κ2) is 5.99. The van der Waals surface area contributed by atoms with Crippen LogP contribution < -0.4 is 5.63 Å². The number of likely N-dealkylation sites (tertiary alicyclic amines) is 2. The third-order valence-electron chi connectivity index (χ3n) is 5.88. The van der Waals surface area contributed by atoms with E-state index in [2.05, 4.69) is 17.9 Å². The summed E-state index contributed by atoms with van der Waals surface area (Å²) in [6.45, 7) is 7.34. The lowest BCUT2D eigenvalue weighted by atomic mass is 9.88. The zero-order valence-electron chi connectivity index (χ0n) is 15.0. The summed E-state index contributed by atoms with van der Waals surface area (Å²) in [5.41, 5.74) is 3.65. The van der Waals surface area contributed by atoms with Gasteiger partial charge in [0, 0.05) is 44.7 Å². The Labute approximate surface area is 147 Å². The fraction of sp³-hybridized carbons (Fsp3) is 0.500. The van der Waals surface area contributed by atoms with Crippen molar-refractivity contribution in [2.24, 2.45) is 11.8 Å². The lowest BCUT2D eigenvalue weighted by molar-refractivity contribution is -0.137. The molecule has 0 unspecified atom stereocenters. The second-order valence-corrected chi connectivity index (χ2v) is 7.63. The Morgan fingerprint density at radius 2 is 1.88 bits per heavy atom. The monoisotopic (exact) mass is 340 g/mol. The Morgan fingerprint density at radius 3 is 2.68 bits per heavy atom. The van der Waals surface area contributed by atoms with Gasteiger partial charge in [0.1, 0.15) is 5.58 Å². The number of carbonyl (C=O) groups is 1. The number of fused-ring (bicyclic) bond motifs is 2. The topological polar surface area (TPSA) is 53.8 Å². The van der Waals surface area contributed by atoms with Gasteiger partial charge in [0.2, 0.25) is 5.91 Å². The number of rotatable bonds is 2. The van der Waals surface area contributed by atoms with Gasteiger partial charge in [-0.25, -0.2) is 4.79 Å². The molecule has 2 aromatic rings. The van der Waals surface area contributed by atoms with Gasteiger partial charge in [-0.15, -0.1) is 0 Å². The van der Waals surface area contributed by atoms with Gasteiger partial charge in [-0.1, -0.05) is 0 Å². The largest absolute Gasteiger partial charge is 0.423 e. The Hall–Kier alpha value is -2.14. The smallest absolute Gasteiger partial charge is 0.336 e. The quantitative estimate of drug-likeness (QED) is 0.788. The molecule has 2 atom stereocenters. The average molecular weight is 340 g/mol. The van der Waals surface area contributed by atoms with Gasteiger partial charge in [0.15, 0.2) is 0 Å². The van der Waals surface area contributed by atoms with Gasteiger partial charge in [-0.05, 0) is 55.0 Å². The highest BCUT2D eigenvalue weighted by atomic mass is 16.4. The molecule has 0 radical (unpaired) electrons. The summed E-state index contributed by atoms with van der Waals surface area (Å²) >= 11 is 0. The van der Waals surface area contributed by atoms with E-state index in [0.717, 1.165) is 42.6 Å². The molecule has 2 fully saturated rings. The molecule has 5 heteroatoms. The summed E-state index contributed by atoms with van der Waals surface area (Å²) < 4.78 is 5.39. The van der Waals surface area contributed by atoms with Crippen molar-refractivity contribution in [3.63, 3.8) is 0 Å². The van der Waals surface area contributed by atoms with E-state index in [4.69, 9.17) is 4.42 Å². The van der Waals surface area contributed by atoms with Crippen LogP contribution in [0.25, 0.3) is 11.0 Å². The molecule has 3 heterocycles. The minimum absolute atomic E-state index is 0.106. The van der Waals surface area contributed by atoms with Crippen LogP contribution >= 0.6 is 0 Å². The standard InChI is InChI=1S/C20H24N2O3/c1-12-6-16-15(8-19(23)25-18(16)7-13(12)2)10-22-9-14-4-5-21(3)20(24)17(14)11-22/h6-8,14,17H,4-5,9-11H2,1-3H3/t14-,17+/m1/s1. The van der Waals surface area contributed by atoms with Gasteiger partial charge in [-0.3, -0.25) is 9.69 Å². The average Bonchev–Trinajstić information content (AvgIpc) is 2.96. The number of nitrogens with zero attached hydrogens (tertiary/aromatic N) is 2. The summed E-state index contributed by atoms with van der Waals surface area (Å²) in [6, 6.07) is 5.65. The molecule has 2 saturated heterocycles. The molecule has 2 aliphatic rings. The number of hydrogen-bond acceptors (Lipinski definition) is 4. The van der Waals surface area contributed by atoms with Crippen molar-refractivity contribution in [3.8, 4) is 0 Å². The molecule has 1 amide bonds. The fourth-order valence-electron chi connectivity index (χ4n) is 4.27. The first-order chi connectivity index (χ1) is 11.9. The van der Waals surface area contributed by atoms with E-state index in [1.807, 2.05) is 24.9 Å². The van der Waals surface area contributed by atoms with Gasteiger partial charge < -0.3 is 9.32 Å². The lowest BCUT2D eigenvalue weighted by Gasteiger charge is -2.30. The summed E-state index contributed by atoms with van der Waals surface area (Å²) in [7, 11) is 1.89. The molecular formula is C20H24N2O3. The van der Waals surface area contributed by atoms with E-state index in [0.29, 0.717) is 18.0 Å². The van der Waals surface area contributed by atoms with Crippen LogP contribution in [0, 0.1) is 25.7 Å². The van der Waals surface area contributed by atoms with E-state index in [-0.39, 0.29) is 17.5 Å². The minimum Gasteiger partial charge on any atom is -0.423 e. The van der Waals surface area contributed by atoms with Crippen molar-refractivity contribution < 1.29 is 9.21 Å². The van der Waals surface area contributed by atoms with Crippen molar-refractivity contribution in [2.75, 3.05) is 26.7 Å². The second-order valence-electron chi connectivity index (χ2n) is 7.63. The lowest BCUT2D eigenvalue weighted by Crippen LogP contribution is -2.42. The Morgan fingerprint density at radius 1 is 1.12 bits per heavy atom. The summed E-state index contributed by atoms with van der Waals surface area (Å²) in [5.74, 6) is 0.816. The molecule has 5 nitrogen and oxygen atoms in total. The molecule has 132 valence electrons. The molecule has 0 spiro atoms. The number of benzene rings is 1. The highest BCUT2D eigenvalue weighted by molar-refractivity contribution is 5.82. The van der Waals surface area contributed by atoms with Crippen LogP contribution in [0.15, 0.2) is 27.4 Å². The maximum absolute atomic E-state index is 12.4. The number of piperidine rings is 1. The molecule has 1 aromatic heterocycles. The minimum atomic E-state index is -0.307. The molecule has 1 aromatic carbocycles. The van der Waals surface area contributed by atoms with Crippen molar-refractivity contribution in [1.82, 2.24) is 9.80 Å². The maximum atomic E-state index is 12.4. The van der Waals surface area contributed by atoms with E-state index < -0.39 is 0 Å². The van der Waals surface area contributed by atoms with E-state index in [1.54, 1.807) is 6.07 Å². The predicted molar refractivity (Wildman–Crippen MR) is 96.5 cm³/mol. The zero-order chi connectivity index (χ0) is 17.7. The molecule has 25 heavy (non-hydrogen) atoms. The SMILES string of the molecule is Cc1cc2oc(=O)cc(CN3C[C@H]4CCN(C)C(=O)[C@H]4C3)c2cc1C. The first kappa shape index (κ1) is 16.3. The van der Waals surface area contributed by atoms with E-state index in [9.17, 15) is 9.59 Å². The number of carbonyl (C=O) groups excluding carboxylic acids is 1. The summed E-state index contributed by atoms with van der Waals surface area (Å²) in [5, 5.41) is 1.00. The van der Waals surface area contributed by atoms with Crippen LogP contribution in [0.4, 0.5) is 0 Å². The van der Waals surface area contributed by atoms with Gasteiger partial charge in [0.05, 0.1) is 5.92 Å². The molecule has 0 N–H and O–H groups in total. The van der Waals surface area contributed by atoms with Crippen LogP contribution in [0.1, 0.15) is 23.1 Å². The molecule has 0 saturated carbocycles. The van der Waals surface area contributed by atoms with Crippen LogP contribution in [-0.2, 0) is 11.3 Å². The molecule has 4 rings (SSSR count).